The monoisotopic (exact) mass is 403 g/mol. The third-order valence-corrected chi connectivity index (χ3v) is 7.22. The highest BCUT2D eigenvalue weighted by atomic mass is 14.9. The van der Waals surface area contributed by atoms with Gasteiger partial charge < -0.3 is 0 Å². The van der Waals surface area contributed by atoms with Gasteiger partial charge in [0.1, 0.15) is 7.05 Å². The van der Waals surface area contributed by atoms with Crippen LogP contribution >= 0.6 is 0 Å². The van der Waals surface area contributed by atoms with Gasteiger partial charge in [-0.25, -0.2) is 4.57 Å². The molecule has 2 heteroatoms. The van der Waals surface area contributed by atoms with Crippen molar-refractivity contribution in [3.63, 3.8) is 0 Å². The first kappa shape index (κ1) is 18.5. The van der Waals surface area contributed by atoms with Gasteiger partial charge in [0.2, 0.25) is 5.69 Å². The molecule has 2 aliphatic carbocycles. The Hall–Kier alpha value is -3.26. The fourth-order valence-corrected chi connectivity index (χ4v) is 5.58. The van der Waals surface area contributed by atoms with E-state index in [2.05, 4.69) is 88.0 Å². The number of aromatic nitrogens is 2. The molecule has 0 saturated carbocycles. The zero-order valence-electron chi connectivity index (χ0n) is 18.9. The maximum Gasteiger partial charge on any atom is 0.216 e. The minimum atomic E-state index is 0.907. The summed E-state index contributed by atoms with van der Waals surface area (Å²) in [6.07, 6.45) is 4.07. The van der Waals surface area contributed by atoms with E-state index in [1.165, 1.54) is 78.3 Å². The van der Waals surface area contributed by atoms with Gasteiger partial charge in [0.15, 0.2) is 6.20 Å². The van der Waals surface area contributed by atoms with E-state index in [0.29, 0.717) is 0 Å². The highest BCUT2D eigenvalue weighted by molar-refractivity contribution is 5.87. The van der Waals surface area contributed by atoms with Crippen molar-refractivity contribution in [2.24, 2.45) is 7.05 Å². The molecular formula is C29H27N2+. The maximum absolute atomic E-state index is 5.21. The first-order chi connectivity index (χ1) is 14.9. The molecule has 0 aliphatic heterocycles. The zero-order chi connectivity index (χ0) is 21.4. The van der Waals surface area contributed by atoms with Gasteiger partial charge >= 0.3 is 0 Å². The second-order valence-corrected chi connectivity index (χ2v) is 9.41. The molecule has 2 aromatic carbocycles. The molecule has 0 radical (unpaired) electrons. The van der Waals surface area contributed by atoms with Crippen LogP contribution in [-0.4, -0.2) is 4.98 Å². The summed E-state index contributed by atoms with van der Waals surface area (Å²) in [5, 5.41) is 0. The third kappa shape index (κ3) is 2.64. The minimum Gasteiger partial charge on any atom is -0.256 e. The Morgan fingerprint density at radius 1 is 0.710 bits per heavy atom. The summed E-state index contributed by atoms with van der Waals surface area (Å²) in [5.74, 6) is 0. The van der Waals surface area contributed by atoms with Gasteiger partial charge in [0.25, 0.3) is 0 Å². The van der Waals surface area contributed by atoms with Gasteiger partial charge in [0, 0.05) is 41.2 Å². The van der Waals surface area contributed by atoms with Gasteiger partial charge in [-0.1, -0.05) is 35.4 Å². The molecule has 4 aromatic rings. The summed E-state index contributed by atoms with van der Waals surface area (Å²) in [6, 6.07) is 16.1. The molecule has 2 aromatic heterocycles. The van der Waals surface area contributed by atoms with Crippen molar-refractivity contribution in [2.45, 2.75) is 40.5 Å². The van der Waals surface area contributed by atoms with Crippen LogP contribution in [0.1, 0.15) is 44.8 Å². The zero-order valence-corrected chi connectivity index (χ0v) is 18.9. The number of aryl methyl sites for hydroxylation is 4. The molecule has 0 N–H and O–H groups in total. The predicted molar refractivity (Wildman–Crippen MR) is 126 cm³/mol. The molecule has 0 bridgehead atoms. The molecule has 0 saturated heterocycles. The lowest BCUT2D eigenvalue weighted by molar-refractivity contribution is -0.660. The van der Waals surface area contributed by atoms with E-state index in [-0.39, 0.29) is 0 Å². The van der Waals surface area contributed by atoms with Crippen molar-refractivity contribution in [3.8, 4) is 33.5 Å². The standard InChI is InChI=1S/C29H27N2/c1-16-6-7-21-20(11-16)13-27-24(21)14-25-22-8-9-31(5)29(26(22)15-28(25)30-27)23-12-17(2)10-18(3)19(23)4/h6-12,14H,13,15H2,1-5H3/q+1. The molecule has 31 heavy (non-hydrogen) atoms. The van der Waals surface area contributed by atoms with E-state index in [4.69, 9.17) is 4.98 Å². The van der Waals surface area contributed by atoms with Crippen LogP contribution in [0.5, 0.6) is 0 Å². The molecule has 152 valence electrons. The highest BCUT2D eigenvalue weighted by Gasteiger charge is 2.32. The number of fused-ring (bicyclic) bond motifs is 6. The van der Waals surface area contributed by atoms with Gasteiger partial charge in [-0.3, -0.25) is 4.98 Å². The lowest BCUT2D eigenvalue weighted by atomic mass is 9.93. The van der Waals surface area contributed by atoms with Crippen molar-refractivity contribution in [1.29, 1.82) is 0 Å². The average Bonchev–Trinajstić information content (AvgIpc) is 3.25. The van der Waals surface area contributed by atoms with E-state index < -0.39 is 0 Å². The van der Waals surface area contributed by atoms with Crippen LogP contribution in [0.15, 0.2) is 48.7 Å². The maximum atomic E-state index is 5.21. The summed E-state index contributed by atoms with van der Waals surface area (Å²) in [7, 11) is 2.17. The predicted octanol–water partition coefficient (Wildman–Crippen LogP) is 5.95. The SMILES string of the molecule is Cc1ccc2c(c1)Cc1nc3c(cc1-2)-c1cc[n+](C)c(-c2cc(C)cc(C)c2C)c1C3. The number of pyridine rings is 2. The van der Waals surface area contributed by atoms with Crippen molar-refractivity contribution < 1.29 is 4.57 Å². The summed E-state index contributed by atoms with van der Waals surface area (Å²) in [6.45, 7) is 8.83. The van der Waals surface area contributed by atoms with Gasteiger partial charge in [-0.15, -0.1) is 0 Å². The molecular weight excluding hydrogens is 376 g/mol. The van der Waals surface area contributed by atoms with Crippen LogP contribution in [-0.2, 0) is 19.9 Å². The Morgan fingerprint density at radius 2 is 1.48 bits per heavy atom. The second kappa shape index (κ2) is 6.37. The van der Waals surface area contributed by atoms with Crippen molar-refractivity contribution >= 4 is 0 Å². The van der Waals surface area contributed by atoms with Crippen molar-refractivity contribution in [2.75, 3.05) is 0 Å². The van der Waals surface area contributed by atoms with Crippen molar-refractivity contribution in [1.82, 2.24) is 4.98 Å². The summed E-state index contributed by atoms with van der Waals surface area (Å²) in [4.78, 5) is 5.21. The summed E-state index contributed by atoms with van der Waals surface area (Å²) >= 11 is 0. The second-order valence-electron chi connectivity index (χ2n) is 9.41. The van der Waals surface area contributed by atoms with Crippen LogP contribution in [0.3, 0.4) is 0 Å². The van der Waals surface area contributed by atoms with Crippen LogP contribution in [0.25, 0.3) is 33.5 Å². The molecule has 0 atom stereocenters. The lowest BCUT2D eigenvalue weighted by Gasteiger charge is -2.12. The van der Waals surface area contributed by atoms with Crippen LogP contribution in [0, 0.1) is 27.7 Å². The summed E-state index contributed by atoms with van der Waals surface area (Å²) < 4.78 is 2.29. The van der Waals surface area contributed by atoms with Gasteiger partial charge in [-0.05, 0) is 67.6 Å². The van der Waals surface area contributed by atoms with E-state index in [1.54, 1.807) is 0 Å². The third-order valence-electron chi connectivity index (χ3n) is 7.22. The Bertz CT molecular complexity index is 1430. The molecule has 6 rings (SSSR count). The largest absolute Gasteiger partial charge is 0.256 e. The van der Waals surface area contributed by atoms with Crippen LogP contribution < -0.4 is 4.57 Å². The average molecular weight is 404 g/mol. The van der Waals surface area contributed by atoms with Gasteiger partial charge in [0.05, 0.1) is 11.4 Å². The lowest BCUT2D eigenvalue weighted by Crippen LogP contribution is -2.32. The molecule has 0 amide bonds. The van der Waals surface area contributed by atoms with Crippen molar-refractivity contribution in [3.05, 3.63) is 93.4 Å². The minimum absolute atomic E-state index is 0.907. The molecule has 0 fully saturated rings. The first-order valence-corrected chi connectivity index (χ1v) is 11.1. The Labute approximate surface area is 184 Å². The van der Waals surface area contributed by atoms with E-state index in [0.717, 1.165) is 12.8 Å². The molecule has 2 nitrogen and oxygen atoms in total. The fourth-order valence-electron chi connectivity index (χ4n) is 5.58. The topological polar surface area (TPSA) is 16.8 Å². The first-order valence-electron chi connectivity index (χ1n) is 11.1. The Morgan fingerprint density at radius 3 is 2.32 bits per heavy atom. The van der Waals surface area contributed by atoms with Crippen LogP contribution in [0.4, 0.5) is 0 Å². The van der Waals surface area contributed by atoms with E-state index >= 15 is 0 Å². The smallest absolute Gasteiger partial charge is 0.216 e. The fraction of sp³-hybridized carbons (Fsp3) is 0.241. The number of nitrogens with zero attached hydrogens (tertiary/aromatic N) is 2. The van der Waals surface area contributed by atoms with E-state index in [9.17, 15) is 0 Å². The summed E-state index contributed by atoms with van der Waals surface area (Å²) in [5.41, 5.74) is 18.7. The number of hydrogen-bond acceptors (Lipinski definition) is 1. The Balaban J connectivity index is 1.56. The highest BCUT2D eigenvalue weighted by Crippen LogP contribution is 2.45. The molecule has 2 aliphatic rings. The molecule has 0 spiro atoms. The number of benzene rings is 2. The number of hydrogen-bond donors (Lipinski definition) is 0. The van der Waals surface area contributed by atoms with Crippen LogP contribution in [0.2, 0.25) is 0 Å². The number of rotatable bonds is 1. The normalized spacial score (nSPS) is 13.1. The molecule has 0 unspecified atom stereocenters. The Kier molecular flexibility index (Phi) is 3.80. The molecule has 2 heterocycles. The van der Waals surface area contributed by atoms with Gasteiger partial charge in [-0.2, -0.15) is 0 Å². The van der Waals surface area contributed by atoms with E-state index in [1.807, 2.05) is 0 Å². The quantitative estimate of drug-likeness (QED) is 0.310.